The molecule has 0 saturated heterocycles. The molecule has 4 rings (SSSR count). The number of nitrogens with zero attached hydrogens (tertiary/aromatic N) is 2. The molecule has 0 fully saturated rings. The second-order valence-corrected chi connectivity index (χ2v) is 9.64. The molecule has 0 aliphatic carbocycles. The molecule has 3 N–H and O–H groups in total. The van der Waals surface area contributed by atoms with Gasteiger partial charge in [0, 0.05) is 39.7 Å². The lowest BCUT2D eigenvalue weighted by atomic mass is 10.0. The van der Waals surface area contributed by atoms with Crippen LogP contribution in [0.15, 0.2) is 42.6 Å². The summed E-state index contributed by atoms with van der Waals surface area (Å²) in [5.41, 5.74) is 1.30. The largest absolute Gasteiger partial charge is 0.493 e. The molecule has 4 bridgehead atoms. The third-order valence-electron chi connectivity index (χ3n) is 4.56. The van der Waals surface area contributed by atoms with Gasteiger partial charge >= 0.3 is 0 Å². The van der Waals surface area contributed by atoms with E-state index in [1.54, 1.807) is 12.1 Å². The lowest BCUT2D eigenvalue weighted by Crippen LogP contribution is -2.11. The Morgan fingerprint density at radius 1 is 1.13 bits per heavy atom. The first-order chi connectivity index (χ1) is 14.8. The summed E-state index contributed by atoms with van der Waals surface area (Å²) in [6.07, 6.45) is 3.03. The number of nitrogens with one attached hydrogen (secondary N) is 3. The molecule has 1 aliphatic heterocycles. The fourth-order valence-corrected chi connectivity index (χ4v) is 4.10. The highest BCUT2D eigenvalue weighted by molar-refractivity contribution is 7.90. The first-order valence-electron chi connectivity index (χ1n) is 9.58. The molecular formula is C21H21F2N5O2S. The fraction of sp³-hybridized carbons (Fsp3) is 0.238. The number of hydrogen-bond donors (Lipinski definition) is 3. The molecule has 162 valence electrons. The van der Waals surface area contributed by atoms with Crippen LogP contribution in [0.5, 0.6) is 5.75 Å². The van der Waals surface area contributed by atoms with Crippen LogP contribution in [0.4, 0.5) is 26.2 Å². The number of rotatable bonds is 2. The summed E-state index contributed by atoms with van der Waals surface area (Å²) in [5.74, 6) is 0.555. The number of hydrogen-bond acceptors (Lipinski definition) is 7. The van der Waals surface area contributed by atoms with Crippen molar-refractivity contribution in [3.05, 3.63) is 59.8 Å². The molecule has 10 heteroatoms. The molecule has 7 nitrogen and oxygen atoms in total. The van der Waals surface area contributed by atoms with Crippen LogP contribution in [0.1, 0.15) is 12.0 Å². The summed E-state index contributed by atoms with van der Waals surface area (Å²) in [4.78, 5) is 8.55. The van der Waals surface area contributed by atoms with E-state index in [0.29, 0.717) is 41.5 Å². The number of benzene rings is 1. The minimum Gasteiger partial charge on any atom is -0.493 e. The van der Waals surface area contributed by atoms with E-state index in [1.165, 1.54) is 30.5 Å². The zero-order valence-corrected chi connectivity index (χ0v) is 17.6. The van der Waals surface area contributed by atoms with Gasteiger partial charge in [-0.25, -0.2) is 23.0 Å². The standard InChI is InChI=1S/C21H21F2N5O2S/c1-31(24,29)12-13-7-19-25-5-2-6-30-18-9-14(22)3-4-15(18)16-10-20(26-11-17(16)23)28-21(8-13)27-19/h3-4,7-11,24H,2,5-6,12H2,1H3,(H2,25,26,27,28). The summed E-state index contributed by atoms with van der Waals surface area (Å²) in [6.45, 7) is 0.796. The maximum absolute atomic E-state index is 14.6. The van der Waals surface area contributed by atoms with Crippen LogP contribution < -0.4 is 15.4 Å². The fourth-order valence-electron chi connectivity index (χ4n) is 3.30. The number of ether oxygens (including phenoxy) is 1. The van der Waals surface area contributed by atoms with Gasteiger partial charge in [-0.15, -0.1) is 0 Å². The zero-order chi connectivity index (χ0) is 22.0. The van der Waals surface area contributed by atoms with Crippen molar-refractivity contribution in [2.75, 3.05) is 30.0 Å². The molecule has 3 aromatic rings. The minimum atomic E-state index is -2.75. The number of pyridine rings is 2. The molecule has 0 spiro atoms. The lowest BCUT2D eigenvalue weighted by molar-refractivity contribution is 0.314. The van der Waals surface area contributed by atoms with E-state index in [4.69, 9.17) is 9.52 Å². The van der Waals surface area contributed by atoms with Crippen LogP contribution in [-0.2, 0) is 15.5 Å². The van der Waals surface area contributed by atoms with Gasteiger partial charge in [0.15, 0.2) is 0 Å². The van der Waals surface area contributed by atoms with Crippen LogP contribution in [0.2, 0.25) is 0 Å². The lowest BCUT2D eigenvalue weighted by Gasteiger charge is -2.16. The Kier molecular flexibility index (Phi) is 5.73. The van der Waals surface area contributed by atoms with E-state index in [0.717, 1.165) is 6.20 Å². The predicted molar refractivity (Wildman–Crippen MR) is 116 cm³/mol. The number of anilines is 3. The average molecular weight is 445 g/mol. The Balaban J connectivity index is 1.80. The van der Waals surface area contributed by atoms with Gasteiger partial charge < -0.3 is 15.4 Å². The van der Waals surface area contributed by atoms with Crippen molar-refractivity contribution in [3.8, 4) is 16.9 Å². The Morgan fingerprint density at radius 2 is 1.94 bits per heavy atom. The molecule has 1 aromatic carbocycles. The molecular weight excluding hydrogens is 424 g/mol. The van der Waals surface area contributed by atoms with E-state index < -0.39 is 21.4 Å². The highest BCUT2D eigenvalue weighted by atomic mass is 32.2. The topological polar surface area (TPSA) is 100.0 Å². The third-order valence-corrected chi connectivity index (χ3v) is 5.44. The Morgan fingerprint density at radius 3 is 2.74 bits per heavy atom. The van der Waals surface area contributed by atoms with Gasteiger partial charge in [0.25, 0.3) is 0 Å². The molecule has 2 aromatic heterocycles. The van der Waals surface area contributed by atoms with E-state index >= 15 is 0 Å². The summed E-state index contributed by atoms with van der Waals surface area (Å²) in [7, 11) is -2.75. The first-order valence-corrected chi connectivity index (χ1v) is 11.7. The van der Waals surface area contributed by atoms with Crippen molar-refractivity contribution < 1.29 is 17.7 Å². The van der Waals surface area contributed by atoms with E-state index in [-0.39, 0.29) is 23.7 Å². The smallest absolute Gasteiger partial charge is 0.149 e. The van der Waals surface area contributed by atoms with Crippen LogP contribution in [0, 0.1) is 16.4 Å². The number of fused-ring (bicyclic) bond motifs is 6. The monoisotopic (exact) mass is 445 g/mol. The van der Waals surface area contributed by atoms with Crippen molar-refractivity contribution in [1.29, 1.82) is 4.78 Å². The summed E-state index contributed by atoms with van der Waals surface area (Å²) in [6, 6.07) is 8.88. The molecule has 1 atom stereocenters. The normalized spacial score (nSPS) is 15.3. The van der Waals surface area contributed by atoms with E-state index in [2.05, 4.69) is 20.6 Å². The summed E-state index contributed by atoms with van der Waals surface area (Å²) < 4.78 is 53.8. The van der Waals surface area contributed by atoms with Gasteiger partial charge in [-0.3, -0.25) is 4.78 Å². The van der Waals surface area contributed by atoms with Crippen molar-refractivity contribution in [2.24, 2.45) is 0 Å². The van der Waals surface area contributed by atoms with Crippen LogP contribution in [0.25, 0.3) is 11.1 Å². The molecule has 0 amide bonds. The zero-order valence-electron chi connectivity index (χ0n) is 16.7. The van der Waals surface area contributed by atoms with Gasteiger partial charge in [0.05, 0.1) is 18.6 Å². The van der Waals surface area contributed by atoms with Crippen molar-refractivity contribution in [2.45, 2.75) is 12.2 Å². The quantitative estimate of drug-likeness (QED) is 0.536. The Bertz CT molecular complexity index is 1230. The first kappa shape index (κ1) is 21.0. The number of halogens is 2. The van der Waals surface area contributed by atoms with Crippen LogP contribution in [-0.4, -0.2) is 33.6 Å². The van der Waals surface area contributed by atoms with E-state index in [9.17, 15) is 13.0 Å². The van der Waals surface area contributed by atoms with Crippen molar-refractivity contribution >= 4 is 27.2 Å². The van der Waals surface area contributed by atoms with Crippen LogP contribution >= 0.6 is 0 Å². The third kappa shape index (κ3) is 5.26. The summed E-state index contributed by atoms with van der Waals surface area (Å²) in [5, 5.41) is 6.21. The second-order valence-electron chi connectivity index (χ2n) is 7.34. The Hall–Kier alpha value is -3.27. The molecule has 31 heavy (non-hydrogen) atoms. The van der Waals surface area contributed by atoms with Gasteiger partial charge in [0.2, 0.25) is 0 Å². The van der Waals surface area contributed by atoms with Gasteiger partial charge in [0.1, 0.15) is 34.8 Å². The predicted octanol–water partition coefficient (Wildman–Crippen LogP) is 4.54. The van der Waals surface area contributed by atoms with Gasteiger partial charge in [-0.05, 0) is 42.3 Å². The highest BCUT2D eigenvalue weighted by Crippen LogP contribution is 2.34. The summed E-state index contributed by atoms with van der Waals surface area (Å²) >= 11 is 0. The minimum absolute atomic E-state index is 0.0724. The van der Waals surface area contributed by atoms with Gasteiger partial charge in [-0.1, -0.05) is 0 Å². The van der Waals surface area contributed by atoms with Crippen molar-refractivity contribution in [1.82, 2.24) is 9.97 Å². The highest BCUT2D eigenvalue weighted by Gasteiger charge is 2.15. The van der Waals surface area contributed by atoms with Gasteiger partial charge in [-0.2, -0.15) is 0 Å². The molecule has 3 heterocycles. The second kappa shape index (κ2) is 8.46. The molecule has 0 saturated carbocycles. The molecule has 0 radical (unpaired) electrons. The van der Waals surface area contributed by atoms with Crippen molar-refractivity contribution in [3.63, 3.8) is 0 Å². The molecule has 1 aliphatic rings. The Labute approximate surface area is 178 Å². The molecule has 1 unspecified atom stereocenters. The van der Waals surface area contributed by atoms with Crippen LogP contribution in [0.3, 0.4) is 0 Å². The average Bonchev–Trinajstić information content (AvgIpc) is 2.67. The number of aromatic nitrogens is 2. The maximum Gasteiger partial charge on any atom is 0.149 e. The van der Waals surface area contributed by atoms with E-state index in [1.807, 2.05) is 0 Å². The SMILES string of the molecule is CS(=N)(=O)Cc1cc2nc(c1)Nc1cc(c(F)cn1)-c1ccc(F)cc1OCCCN2. The maximum atomic E-state index is 14.6.